The molecule has 7 heteroatoms. The maximum atomic E-state index is 12.5. The lowest BCUT2D eigenvalue weighted by atomic mass is 10.1. The molecule has 7 nitrogen and oxygen atoms in total. The Morgan fingerprint density at radius 1 is 1.21 bits per heavy atom. The lowest BCUT2D eigenvalue weighted by molar-refractivity contribution is -0.134. The van der Waals surface area contributed by atoms with Crippen LogP contribution in [0.4, 0.5) is 5.82 Å². The van der Waals surface area contributed by atoms with E-state index < -0.39 is 0 Å². The molecular weight excluding hydrogens is 368 g/mol. The van der Waals surface area contributed by atoms with Gasteiger partial charge in [0.1, 0.15) is 12.1 Å². The Labute approximate surface area is 172 Å². The van der Waals surface area contributed by atoms with Crippen molar-refractivity contribution in [2.45, 2.75) is 40.2 Å². The quantitative estimate of drug-likeness (QED) is 0.740. The summed E-state index contributed by atoms with van der Waals surface area (Å²) in [4.78, 5) is 25.3. The number of hydrogen-bond donors (Lipinski definition) is 0. The predicted octanol–water partition coefficient (Wildman–Crippen LogP) is 3.67. The van der Waals surface area contributed by atoms with Gasteiger partial charge in [0, 0.05) is 38.2 Å². The number of aryl methyl sites for hydroxylation is 1. The topological polar surface area (TPSA) is 67.8 Å². The van der Waals surface area contributed by atoms with Gasteiger partial charge in [-0.2, -0.15) is 0 Å². The van der Waals surface area contributed by atoms with Crippen LogP contribution in [0.2, 0.25) is 0 Å². The maximum Gasteiger partial charge on any atom is 0.224 e. The summed E-state index contributed by atoms with van der Waals surface area (Å²) in [6.07, 6.45) is 2.10. The Morgan fingerprint density at radius 2 is 2.00 bits per heavy atom. The molecule has 1 aliphatic rings. The highest BCUT2D eigenvalue weighted by molar-refractivity contribution is 5.77. The molecular formula is C22H30N4O3. The Morgan fingerprint density at radius 3 is 2.69 bits per heavy atom. The highest BCUT2D eigenvalue weighted by Crippen LogP contribution is 2.32. The minimum absolute atomic E-state index is 0.131. The third kappa shape index (κ3) is 5.16. The standard InChI is InChI=1S/C22H30N4O3/c1-15(2)10-22(27)26-9-8-25(13-17(26)4)20-12-21(24-14-23-20)29-18-7-6-16(3)11-19(18)28-5/h6-7,11-12,14-15,17H,8-10,13H2,1-5H3. The van der Waals surface area contributed by atoms with Crippen LogP contribution in [0.3, 0.4) is 0 Å². The third-order valence-electron chi connectivity index (χ3n) is 5.02. The largest absolute Gasteiger partial charge is 0.493 e. The summed E-state index contributed by atoms with van der Waals surface area (Å²) in [7, 11) is 1.62. The molecule has 0 saturated carbocycles. The zero-order valence-corrected chi connectivity index (χ0v) is 17.9. The summed E-state index contributed by atoms with van der Waals surface area (Å²) in [5.41, 5.74) is 1.09. The van der Waals surface area contributed by atoms with E-state index in [0.29, 0.717) is 36.3 Å². The lowest BCUT2D eigenvalue weighted by Gasteiger charge is -2.40. The number of carbonyl (C=O) groups excluding carboxylic acids is 1. The number of ether oxygens (including phenoxy) is 2. The van der Waals surface area contributed by atoms with Gasteiger partial charge in [0.15, 0.2) is 11.5 Å². The number of nitrogens with zero attached hydrogens (tertiary/aromatic N) is 4. The molecule has 156 valence electrons. The highest BCUT2D eigenvalue weighted by Gasteiger charge is 2.28. The molecule has 1 fully saturated rings. The van der Waals surface area contributed by atoms with Gasteiger partial charge in [-0.15, -0.1) is 0 Å². The molecule has 1 amide bonds. The number of rotatable bonds is 6. The van der Waals surface area contributed by atoms with Crippen molar-refractivity contribution >= 4 is 11.7 Å². The van der Waals surface area contributed by atoms with Gasteiger partial charge in [-0.25, -0.2) is 9.97 Å². The molecule has 0 bridgehead atoms. The molecule has 2 aromatic rings. The number of hydrogen-bond acceptors (Lipinski definition) is 6. The number of methoxy groups -OCH3 is 1. The molecule has 1 aromatic carbocycles. The van der Waals surface area contributed by atoms with Crippen LogP contribution >= 0.6 is 0 Å². The van der Waals surface area contributed by atoms with Crippen molar-refractivity contribution in [3.05, 3.63) is 36.2 Å². The van der Waals surface area contributed by atoms with E-state index in [9.17, 15) is 4.79 Å². The summed E-state index contributed by atoms with van der Waals surface area (Å²) in [6, 6.07) is 7.72. The van der Waals surface area contributed by atoms with Crippen LogP contribution in [0.1, 0.15) is 32.8 Å². The number of amides is 1. The van der Waals surface area contributed by atoms with Gasteiger partial charge in [0.05, 0.1) is 7.11 Å². The van der Waals surface area contributed by atoms with Crippen LogP contribution < -0.4 is 14.4 Å². The summed E-state index contributed by atoms with van der Waals surface area (Å²) in [6.45, 7) is 10.4. The van der Waals surface area contributed by atoms with E-state index >= 15 is 0 Å². The van der Waals surface area contributed by atoms with Crippen LogP contribution in [0.15, 0.2) is 30.6 Å². The fourth-order valence-electron chi connectivity index (χ4n) is 3.53. The second-order valence-corrected chi connectivity index (χ2v) is 7.95. The van der Waals surface area contributed by atoms with Crippen molar-refractivity contribution in [2.75, 3.05) is 31.6 Å². The molecule has 0 radical (unpaired) electrons. The minimum Gasteiger partial charge on any atom is -0.493 e. The van der Waals surface area contributed by atoms with Crippen molar-refractivity contribution in [3.8, 4) is 17.4 Å². The Balaban J connectivity index is 1.70. The van der Waals surface area contributed by atoms with E-state index in [4.69, 9.17) is 9.47 Å². The molecule has 1 unspecified atom stereocenters. The SMILES string of the molecule is COc1cc(C)ccc1Oc1cc(N2CCN(C(=O)CC(C)C)C(C)C2)ncn1. The molecule has 29 heavy (non-hydrogen) atoms. The number of benzene rings is 1. The van der Waals surface area contributed by atoms with Crippen LogP contribution in [0.25, 0.3) is 0 Å². The van der Waals surface area contributed by atoms with Crippen LogP contribution in [0, 0.1) is 12.8 Å². The van der Waals surface area contributed by atoms with Crippen molar-refractivity contribution in [3.63, 3.8) is 0 Å². The number of aromatic nitrogens is 2. The van der Waals surface area contributed by atoms with Crippen LogP contribution in [-0.2, 0) is 4.79 Å². The monoisotopic (exact) mass is 398 g/mol. The van der Waals surface area contributed by atoms with Gasteiger partial charge in [-0.1, -0.05) is 19.9 Å². The summed E-state index contributed by atoms with van der Waals surface area (Å²) in [5, 5.41) is 0. The van der Waals surface area contributed by atoms with Gasteiger partial charge in [0.25, 0.3) is 0 Å². The molecule has 1 atom stereocenters. The minimum atomic E-state index is 0.131. The molecule has 1 saturated heterocycles. The van der Waals surface area contributed by atoms with Gasteiger partial charge < -0.3 is 19.3 Å². The van der Waals surface area contributed by atoms with Crippen molar-refractivity contribution in [1.29, 1.82) is 0 Å². The molecule has 0 spiro atoms. The van der Waals surface area contributed by atoms with E-state index in [1.165, 1.54) is 6.33 Å². The molecule has 0 N–H and O–H groups in total. The van der Waals surface area contributed by atoms with Crippen LogP contribution in [-0.4, -0.2) is 53.6 Å². The van der Waals surface area contributed by atoms with Crippen molar-refractivity contribution < 1.29 is 14.3 Å². The Kier molecular flexibility index (Phi) is 6.56. The Hall–Kier alpha value is -2.83. The van der Waals surface area contributed by atoms with Gasteiger partial charge >= 0.3 is 0 Å². The third-order valence-corrected chi connectivity index (χ3v) is 5.02. The summed E-state index contributed by atoms with van der Waals surface area (Å²) < 4.78 is 11.4. The normalized spacial score (nSPS) is 16.8. The fourth-order valence-corrected chi connectivity index (χ4v) is 3.53. The van der Waals surface area contributed by atoms with Crippen molar-refractivity contribution in [2.24, 2.45) is 5.92 Å². The summed E-state index contributed by atoms with van der Waals surface area (Å²) in [5.74, 6) is 3.13. The van der Waals surface area contributed by atoms with Crippen LogP contribution in [0.5, 0.6) is 17.4 Å². The van der Waals surface area contributed by atoms with E-state index in [1.807, 2.05) is 36.1 Å². The zero-order chi connectivity index (χ0) is 21.0. The zero-order valence-electron chi connectivity index (χ0n) is 17.9. The first-order valence-corrected chi connectivity index (χ1v) is 10.1. The van der Waals surface area contributed by atoms with E-state index in [2.05, 4.69) is 35.6 Å². The fraction of sp³-hybridized carbons (Fsp3) is 0.500. The maximum absolute atomic E-state index is 12.5. The second-order valence-electron chi connectivity index (χ2n) is 7.95. The van der Waals surface area contributed by atoms with Crippen molar-refractivity contribution in [1.82, 2.24) is 14.9 Å². The first-order valence-electron chi connectivity index (χ1n) is 10.1. The first-order chi connectivity index (χ1) is 13.9. The molecule has 3 rings (SSSR count). The van der Waals surface area contributed by atoms with E-state index in [-0.39, 0.29) is 11.9 Å². The molecule has 0 aliphatic carbocycles. The smallest absolute Gasteiger partial charge is 0.224 e. The highest BCUT2D eigenvalue weighted by atomic mass is 16.5. The average molecular weight is 399 g/mol. The lowest BCUT2D eigenvalue weighted by Crippen LogP contribution is -2.54. The van der Waals surface area contributed by atoms with E-state index in [0.717, 1.165) is 24.5 Å². The second kappa shape index (κ2) is 9.11. The van der Waals surface area contributed by atoms with Gasteiger partial charge in [0.2, 0.25) is 11.8 Å². The predicted molar refractivity (Wildman–Crippen MR) is 113 cm³/mol. The van der Waals surface area contributed by atoms with E-state index in [1.54, 1.807) is 7.11 Å². The van der Waals surface area contributed by atoms with Gasteiger partial charge in [-0.05, 0) is 37.5 Å². The molecule has 1 aromatic heterocycles. The number of anilines is 1. The van der Waals surface area contributed by atoms with Gasteiger partial charge in [-0.3, -0.25) is 4.79 Å². The molecule has 1 aliphatic heterocycles. The summed E-state index contributed by atoms with van der Waals surface area (Å²) >= 11 is 0. The molecule has 2 heterocycles. The average Bonchev–Trinajstić information content (AvgIpc) is 2.68. The number of piperazine rings is 1. The Bertz CT molecular complexity index is 856. The number of carbonyl (C=O) groups is 1. The first kappa shape index (κ1) is 20.9.